The monoisotopic (exact) mass is 244 g/mol. The molecule has 0 spiro atoms. The van der Waals surface area contributed by atoms with Crippen molar-refractivity contribution in [2.24, 2.45) is 5.41 Å². The first kappa shape index (κ1) is 12.4. The zero-order valence-electron chi connectivity index (χ0n) is 10.4. The Hall–Kier alpha value is -2.02. The largest absolute Gasteiger partial charge is 0.469 e. The van der Waals surface area contributed by atoms with Crippen molar-refractivity contribution in [3.63, 3.8) is 0 Å². The van der Waals surface area contributed by atoms with Crippen LogP contribution in [-0.4, -0.2) is 19.6 Å². The van der Waals surface area contributed by atoms with E-state index in [1.54, 1.807) is 12.1 Å². The SMILES string of the molecule is COC(=O)C1(CNc2ccc(C#N)cc2)CCC1. The molecule has 0 atom stereocenters. The summed E-state index contributed by atoms with van der Waals surface area (Å²) in [5.74, 6) is -0.130. The van der Waals surface area contributed by atoms with E-state index in [0.717, 1.165) is 24.9 Å². The highest BCUT2D eigenvalue weighted by Crippen LogP contribution is 2.42. The summed E-state index contributed by atoms with van der Waals surface area (Å²) in [4.78, 5) is 11.7. The quantitative estimate of drug-likeness (QED) is 0.825. The predicted octanol–water partition coefficient (Wildman–Crippen LogP) is 2.31. The lowest BCUT2D eigenvalue weighted by molar-refractivity contribution is -0.157. The normalized spacial score (nSPS) is 16.2. The molecule has 2 rings (SSSR count). The third-order valence-corrected chi connectivity index (χ3v) is 3.57. The Balaban J connectivity index is 1.98. The van der Waals surface area contributed by atoms with Gasteiger partial charge in [0.05, 0.1) is 24.2 Å². The van der Waals surface area contributed by atoms with Crippen LogP contribution in [0.4, 0.5) is 5.69 Å². The molecule has 1 aliphatic rings. The molecule has 0 radical (unpaired) electrons. The third-order valence-electron chi connectivity index (χ3n) is 3.57. The Bertz CT molecular complexity index is 470. The van der Waals surface area contributed by atoms with Gasteiger partial charge in [-0.05, 0) is 37.1 Å². The first-order valence-electron chi connectivity index (χ1n) is 6.03. The summed E-state index contributed by atoms with van der Waals surface area (Å²) in [5.41, 5.74) is 1.19. The first-order valence-corrected chi connectivity index (χ1v) is 6.03. The number of nitrogens with one attached hydrogen (secondary N) is 1. The fraction of sp³-hybridized carbons (Fsp3) is 0.429. The van der Waals surface area contributed by atoms with Gasteiger partial charge in [0.1, 0.15) is 0 Å². The first-order chi connectivity index (χ1) is 8.70. The number of ether oxygens (including phenoxy) is 1. The molecule has 0 unspecified atom stereocenters. The average Bonchev–Trinajstić information content (AvgIpc) is 2.37. The molecule has 1 N–H and O–H groups in total. The van der Waals surface area contributed by atoms with E-state index in [0.29, 0.717) is 12.1 Å². The molecule has 4 nitrogen and oxygen atoms in total. The molecule has 0 aliphatic heterocycles. The third kappa shape index (κ3) is 2.30. The van der Waals surface area contributed by atoms with Crippen LogP contribution in [0.15, 0.2) is 24.3 Å². The fourth-order valence-corrected chi connectivity index (χ4v) is 2.21. The molecule has 0 bridgehead atoms. The number of nitrogens with zero attached hydrogens (tertiary/aromatic N) is 1. The number of esters is 1. The Morgan fingerprint density at radius 2 is 2.11 bits per heavy atom. The molecule has 18 heavy (non-hydrogen) atoms. The second-order valence-electron chi connectivity index (χ2n) is 4.67. The van der Waals surface area contributed by atoms with E-state index in [9.17, 15) is 4.79 Å². The van der Waals surface area contributed by atoms with Gasteiger partial charge in [0.15, 0.2) is 0 Å². The standard InChI is InChI=1S/C14H16N2O2/c1-18-13(17)14(7-2-8-14)10-16-12-5-3-11(9-15)4-6-12/h3-6,16H,2,7-8,10H2,1H3. The minimum Gasteiger partial charge on any atom is -0.469 e. The van der Waals surface area contributed by atoms with E-state index in [-0.39, 0.29) is 11.4 Å². The molecule has 1 aromatic rings. The zero-order valence-corrected chi connectivity index (χ0v) is 10.4. The lowest BCUT2D eigenvalue weighted by Gasteiger charge is -2.39. The van der Waals surface area contributed by atoms with Crippen LogP contribution < -0.4 is 5.32 Å². The van der Waals surface area contributed by atoms with E-state index in [2.05, 4.69) is 11.4 Å². The average molecular weight is 244 g/mol. The van der Waals surface area contributed by atoms with Gasteiger partial charge < -0.3 is 10.1 Å². The Morgan fingerprint density at radius 3 is 2.56 bits per heavy atom. The lowest BCUT2D eigenvalue weighted by atomic mass is 9.68. The second kappa shape index (κ2) is 5.09. The predicted molar refractivity (Wildman–Crippen MR) is 67.9 cm³/mol. The van der Waals surface area contributed by atoms with Gasteiger partial charge in [-0.3, -0.25) is 4.79 Å². The van der Waals surface area contributed by atoms with Gasteiger partial charge in [0.2, 0.25) is 0 Å². The van der Waals surface area contributed by atoms with Crippen molar-refractivity contribution in [3.05, 3.63) is 29.8 Å². The van der Waals surface area contributed by atoms with E-state index >= 15 is 0 Å². The van der Waals surface area contributed by atoms with Crippen LogP contribution in [-0.2, 0) is 9.53 Å². The number of hydrogen-bond acceptors (Lipinski definition) is 4. The molecular formula is C14H16N2O2. The Kier molecular flexibility index (Phi) is 3.52. The van der Waals surface area contributed by atoms with Crippen molar-refractivity contribution in [2.75, 3.05) is 19.0 Å². The number of carbonyl (C=O) groups excluding carboxylic acids is 1. The molecule has 0 heterocycles. The summed E-state index contributed by atoms with van der Waals surface area (Å²) in [5, 5.41) is 12.0. The smallest absolute Gasteiger partial charge is 0.313 e. The van der Waals surface area contributed by atoms with Gasteiger partial charge in [-0.1, -0.05) is 6.42 Å². The Labute approximate surface area is 107 Å². The van der Waals surface area contributed by atoms with E-state index in [1.165, 1.54) is 7.11 Å². The van der Waals surface area contributed by atoms with Crippen LogP contribution in [0.1, 0.15) is 24.8 Å². The highest BCUT2D eigenvalue weighted by molar-refractivity contribution is 5.78. The molecule has 1 fully saturated rings. The highest BCUT2D eigenvalue weighted by Gasteiger charge is 2.45. The maximum atomic E-state index is 11.7. The van der Waals surface area contributed by atoms with Gasteiger partial charge >= 0.3 is 5.97 Å². The van der Waals surface area contributed by atoms with Crippen LogP contribution in [0.5, 0.6) is 0 Å². The van der Waals surface area contributed by atoms with Gasteiger partial charge in [0, 0.05) is 12.2 Å². The molecule has 1 aliphatic carbocycles. The summed E-state index contributed by atoms with van der Waals surface area (Å²) < 4.78 is 4.86. The molecule has 4 heteroatoms. The van der Waals surface area contributed by atoms with Gasteiger partial charge in [-0.25, -0.2) is 0 Å². The number of rotatable bonds is 4. The molecule has 94 valence electrons. The van der Waals surface area contributed by atoms with Crippen LogP contribution in [0.25, 0.3) is 0 Å². The minimum atomic E-state index is -0.358. The molecule has 0 saturated heterocycles. The number of methoxy groups -OCH3 is 1. The summed E-state index contributed by atoms with van der Waals surface area (Å²) in [6, 6.07) is 9.29. The molecule has 0 amide bonds. The van der Waals surface area contributed by atoms with Crippen LogP contribution in [0.2, 0.25) is 0 Å². The maximum absolute atomic E-state index is 11.7. The number of hydrogen-bond donors (Lipinski definition) is 1. The van der Waals surface area contributed by atoms with Crippen molar-refractivity contribution in [1.29, 1.82) is 5.26 Å². The number of nitriles is 1. The zero-order chi connectivity index (χ0) is 13.0. The lowest BCUT2D eigenvalue weighted by Crippen LogP contribution is -2.44. The second-order valence-corrected chi connectivity index (χ2v) is 4.67. The van der Waals surface area contributed by atoms with Gasteiger partial charge in [0.25, 0.3) is 0 Å². The summed E-state index contributed by atoms with van der Waals surface area (Å²) in [7, 11) is 1.43. The maximum Gasteiger partial charge on any atom is 0.313 e. The summed E-state index contributed by atoms with van der Waals surface area (Å²) in [6.45, 7) is 0.589. The van der Waals surface area contributed by atoms with Crippen molar-refractivity contribution < 1.29 is 9.53 Å². The topological polar surface area (TPSA) is 62.1 Å². The van der Waals surface area contributed by atoms with Crippen molar-refractivity contribution in [2.45, 2.75) is 19.3 Å². The van der Waals surface area contributed by atoms with Crippen molar-refractivity contribution in [3.8, 4) is 6.07 Å². The van der Waals surface area contributed by atoms with Gasteiger partial charge in [-0.15, -0.1) is 0 Å². The summed E-state index contributed by atoms with van der Waals surface area (Å²) in [6.07, 6.45) is 2.83. The minimum absolute atomic E-state index is 0.130. The molecule has 1 saturated carbocycles. The van der Waals surface area contributed by atoms with E-state index in [4.69, 9.17) is 10.00 Å². The molecular weight excluding hydrogens is 228 g/mol. The fourth-order valence-electron chi connectivity index (χ4n) is 2.21. The van der Waals surface area contributed by atoms with Crippen LogP contribution in [0.3, 0.4) is 0 Å². The molecule has 0 aromatic heterocycles. The van der Waals surface area contributed by atoms with E-state index < -0.39 is 0 Å². The number of benzene rings is 1. The van der Waals surface area contributed by atoms with Crippen LogP contribution in [0, 0.1) is 16.7 Å². The molecule has 1 aromatic carbocycles. The van der Waals surface area contributed by atoms with E-state index in [1.807, 2.05) is 12.1 Å². The number of anilines is 1. The Morgan fingerprint density at radius 1 is 1.44 bits per heavy atom. The van der Waals surface area contributed by atoms with Crippen molar-refractivity contribution in [1.82, 2.24) is 0 Å². The van der Waals surface area contributed by atoms with Crippen LogP contribution >= 0.6 is 0 Å². The summed E-state index contributed by atoms with van der Waals surface area (Å²) >= 11 is 0. The van der Waals surface area contributed by atoms with Gasteiger partial charge in [-0.2, -0.15) is 5.26 Å². The van der Waals surface area contributed by atoms with Crippen molar-refractivity contribution >= 4 is 11.7 Å². The number of carbonyl (C=O) groups is 1. The highest BCUT2D eigenvalue weighted by atomic mass is 16.5.